The third kappa shape index (κ3) is 2.70. The summed E-state index contributed by atoms with van der Waals surface area (Å²) in [6, 6.07) is 9.00. The first kappa shape index (κ1) is 14.5. The normalized spacial score (nSPS) is 15.0. The van der Waals surface area contributed by atoms with E-state index < -0.39 is 5.97 Å². The van der Waals surface area contributed by atoms with Gasteiger partial charge in [0.2, 0.25) is 5.91 Å². The molecule has 0 saturated carbocycles. The maximum atomic E-state index is 11.9. The van der Waals surface area contributed by atoms with Crippen LogP contribution in [0.25, 0.3) is 5.57 Å². The van der Waals surface area contributed by atoms with Crippen molar-refractivity contribution >= 4 is 23.1 Å². The van der Waals surface area contributed by atoms with Crippen molar-refractivity contribution in [2.45, 2.75) is 13.8 Å². The summed E-state index contributed by atoms with van der Waals surface area (Å²) in [7, 11) is 0. The number of rotatable bonds is 2. The molecule has 0 bridgehead atoms. The number of hydrogen-bond acceptors (Lipinski definition) is 4. The van der Waals surface area contributed by atoms with Crippen molar-refractivity contribution < 1.29 is 14.3 Å². The lowest BCUT2D eigenvalue weighted by Gasteiger charge is -2.25. The van der Waals surface area contributed by atoms with Gasteiger partial charge < -0.3 is 4.74 Å². The van der Waals surface area contributed by atoms with Crippen molar-refractivity contribution in [3.8, 4) is 6.07 Å². The molecule has 0 spiro atoms. The second kappa shape index (κ2) is 6.06. The summed E-state index contributed by atoms with van der Waals surface area (Å²) in [5.41, 5.74) is 1.69. The molecule has 0 N–H and O–H groups in total. The zero-order chi connectivity index (χ0) is 15.4. The number of carbonyl (C=O) groups excluding carboxylic acids is 2. The molecule has 0 fully saturated rings. The van der Waals surface area contributed by atoms with Crippen LogP contribution < -0.4 is 4.90 Å². The van der Waals surface area contributed by atoms with E-state index in [1.165, 1.54) is 11.8 Å². The standard InChI is InChI=1S/C16H14N2O3/c1-3-21-16(20)14(10-17)12-8-9-18(11(2)19)15-7-5-4-6-13(12)15/h4-9H,3H2,1-2H3. The van der Waals surface area contributed by atoms with E-state index in [4.69, 9.17) is 4.74 Å². The summed E-state index contributed by atoms with van der Waals surface area (Å²) in [4.78, 5) is 25.0. The van der Waals surface area contributed by atoms with Gasteiger partial charge in [-0.1, -0.05) is 18.2 Å². The number of amides is 1. The topological polar surface area (TPSA) is 70.4 Å². The molecule has 0 aromatic heterocycles. The number of nitrogens with zero attached hydrogens (tertiary/aromatic N) is 2. The highest BCUT2D eigenvalue weighted by molar-refractivity contribution is 6.08. The predicted octanol–water partition coefficient (Wildman–Crippen LogP) is 2.41. The van der Waals surface area contributed by atoms with Crippen molar-refractivity contribution in [3.05, 3.63) is 47.7 Å². The van der Waals surface area contributed by atoms with E-state index in [-0.39, 0.29) is 18.1 Å². The smallest absolute Gasteiger partial charge is 0.349 e. The molecule has 1 aliphatic heterocycles. The zero-order valence-electron chi connectivity index (χ0n) is 11.8. The maximum Gasteiger partial charge on any atom is 0.349 e. The van der Waals surface area contributed by atoms with E-state index in [0.717, 1.165) is 0 Å². The zero-order valence-corrected chi connectivity index (χ0v) is 11.8. The molecule has 106 valence electrons. The fourth-order valence-electron chi connectivity index (χ4n) is 2.14. The van der Waals surface area contributed by atoms with Crippen LogP contribution in [0, 0.1) is 11.3 Å². The van der Waals surface area contributed by atoms with Crippen molar-refractivity contribution in [3.63, 3.8) is 0 Å². The van der Waals surface area contributed by atoms with Crippen LogP contribution >= 0.6 is 0 Å². The number of ether oxygens (including phenoxy) is 1. The number of allylic oxidation sites excluding steroid dienone is 2. The second-order valence-corrected chi connectivity index (χ2v) is 4.34. The molecule has 5 nitrogen and oxygen atoms in total. The molecule has 1 aliphatic rings. The fourth-order valence-corrected chi connectivity index (χ4v) is 2.14. The minimum Gasteiger partial charge on any atom is -0.462 e. The average Bonchev–Trinajstić information content (AvgIpc) is 2.48. The van der Waals surface area contributed by atoms with Gasteiger partial charge in [0.1, 0.15) is 11.6 Å². The Morgan fingerprint density at radius 2 is 2.05 bits per heavy atom. The Hall–Kier alpha value is -2.87. The summed E-state index contributed by atoms with van der Waals surface area (Å²) >= 11 is 0. The molecule has 0 unspecified atom stereocenters. The SMILES string of the molecule is CCOC(=O)C(C#N)=C1C=CN(C(C)=O)c2ccccc21. The van der Waals surface area contributed by atoms with Gasteiger partial charge in [-0.3, -0.25) is 9.69 Å². The molecule has 1 aromatic rings. The van der Waals surface area contributed by atoms with Crippen LogP contribution in [-0.4, -0.2) is 18.5 Å². The van der Waals surface area contributed by atoms with Crippen molar-refractivity contribution in [2.75, 3.05) is 11.5 Å². The maximum absolute atomic E-state index is 11.9. The quantitative estimate of drug-likeness (QED) is 0.474. The Bertz CT molecular complexity index is 696. The van der Waals surface area contributed by atoms with E-state index in [2.05, 4.69) is 0 Å². The molecule has 1 aromatic carbocycles. The van der Waals surface area contributed by atoms with Crippen molar-refractivity contribution in [2.24, 2.45) is 0 Å². The molecule has 0 saturated heterocycles. The summed E-state index contributed by atoms with van der Waals surface area (Å²) in [6.45, 7) is 3.33. The monoisotopic (exact) mass is 282 g/mol. The molecule has 0 radical (unpaired) electrons. The first-order valence-corrected chi connectivity index (χ1v) is 6.49. The van der Waals surface area contributed by atoms with Crippen LogP contribution in [0.5, 0.6) is 0 Å². The van der Waals surface area contributed by atoms with Gasteiger partial charge in [0.15, 0.2) is 0 Å². The Morgan fingerprint density at radius 1 is 1.33 bits per heavy atom. The third-order valence-electron chi connectivity index (χ3n) is 3.04. The number of hydrogen-bond donors (Lipinski definition) is 0. The number of nitriles is 1. The second-order valence-electron chi connectivity index (χ2n) is 4.34. The number of carbonyl (C=O) groups is 2. The summed E-state index contributed by atoms with van der Waals surface area (Å²) in [5.74, 6) is -0.807. The Balaban J connectivity index is 2.62. The number of benzene rings is 1. The van der Waals surface area contributed by atoms with Gasteiger partial charge in [0.25, 0.3) is 0 Å². The summed E-state index contributed by atoms with van der Waals surface area (Å²) in [5, 5.41) is 9.25. The molecule has 21 heavy (non-hydrogen) atoms. The third-order valence-corrected chi connectivity index (χ3v) is 3.04. The molecular weight excluding hydrogens is 268 g/mol. The van der Waals surface area contributed by atoms with E-state index >= 15 is 0 Å². The van der Waals surface area contributed by atoms with Crippen LogP contribution in [0.2, 0.25) is 0 Å². The number of fused-ring (bicyclic) bond motifs is 1. The molecule has 0 aliphatic carbocycles. The van der Waals surface area contributed by atoms with Gasteiger partial charge >= 0.3 is 5.97 Å². The van der Waals surface area contributed by atoms with Crippen LogP contribution in [0.4, 0.5) is 5.69 Å². The minimum atomic E-state index is -0.661. The van der Waals surface area contributed by atoms with E-state index in [1.807, 2.05) is 6.07 Å². The van der Waals surface area contributed by atoms with Gasteiger partial charge in [-0.25, -0.2) is 4.79 Å². The molecule has 2 rings (SSSR count). The lowest BCUT2D eigenvalue weighted by atomic mass is 9.95. The predicted molar refractivity (Wildman–Crippen MR) is 77.9 cm³/mol. The minimum absolute atomic E-state index is 0.0660. The van der Waals surface area contributed by atoms with Crippen LogP contribution in [0.1, 0.15) is 19.4 Å². The summed E-state index contributed by atoms with van der Waals surface area (Å²) < 4.78 is 4.90. The van der Waals surface area contributed by atoms with Gasteiger partial charge in [0, 0.05) is 24.3 Å². The molecule has 0 atom stereocenters. The van der Waals surface area contributed by atoms with Gasteiger partial charge in [-0.05, 0) is 19.1 Å². The summed E-state index contributed by atoms with van der Waals surface area (Å²) in [6.07, 6.45) is 3.13. The van der Waals surface area contributed by atoms with Gasteiger partial charge in [0.05, 0.1) is 12.3 Å². The molecule has 5 heteroatoms. The Labute approximate surface area is 122 Å². The highest BCUT2D eigenvalue weighted by Gasteiger charge is 2.24. The highest BCUT2D eigenvalue weighted by atomic mass is 16.5. The number of esters is 1. The lowest BCUT2D eigenvalue weighted by Crippen LogP contribution is -2.25. The Kier molecular flexibility index (Phi) is 4.19. The number of anilines is 1. The Morgan fingerprint density at radius 3 is 2.67 bits per heavy atom. The average molecular weight is 282 g/mol. The van der Waals surface area contributed by atoms with Gasteiger partial charge in [-0.2, -0.15) is 5.26 Å². The first-order chi connectivity index (χ1) is 10.1. The van der Waals surface area contributed by atoms with Crippen LogP contribution in [0.15, 0.2) is 42.1 Å². The van der Waals surface area contributed by atoms with Gasteiger partial charge in [-0.15, -0.1) is 0 Å². The lowest BCUT2D eigenvalue weighted by molar-refractivity contribution is -0.137. The van der Waals surface area contributed by atoms with Crippen LogP contribution in [0.3, 0.4) is 0 Å². The first-order valence-electron chi connectivity index (χ1n) is 6.49. The molecule has 1 heterocycles. The highest BCUT2D eigenvalue weighted by Crippen LogP contribution is 2.34. The van der Waals surface area contributed by atoms with E-state index in [0.29, 0.717) is 16.8 Å². The van der Waals surface area contributed by atoms with Crippen molar-refractivity contribution in [1.82, 2.24) is 0 Å². The molecule has 1 amide bonds. The number of para-hydroxylation sites is 1. The van der Waals surface area contributed by atoms with E-state index in [9.17, 15) is 14.9 Å². The van der Waals surface area contributed by atoms with Crippen molar-refractivity contribution in [1.29, 1.82) is 5.26 Å². The van der Waals surface area contributed by atoms with E-state index in [1.54, 1.807) is 43.5 Å². The van der Waals surface area contributed by atoms with Crippen LogP contribution in [-0.2, 0) is 14.3 Å². The largest absolute Gasteiger partial charge is 0.462 e. The fraction of sp³-hybridized carbons (Fsp3) is 0.188. The molecular formula is C16H14N2O3.